The highest BCUT2D eigenvalue weighted by Crippen LogP contribution is 2.12. The van der Waals surface area contributed by atoms with E-state index in [2.05, 4.69) is 4.98 Å². The van der Waals surface area contributed by atoms with Crippen LogP contribution in [0.1, 0.15) is 0 Å². The molecule has 0 aromatic carbocycles. The molecular formula is C8H7ClN2OS. The van der Waals surface area contributed by atoms with Crippen LogP contribution in [-0.4, -0.2) is 15.4 Å². The van der Waals surface area contributed by atoms with Gasteiger partial charge < -0.3 is 0 Å². The van der Waals surface area contributed by atoms with Gasteiger partial charge in [-0.1, -0.05) is 0 Å². The van der Waals surface area contributed by atoms with Crippen LogP contribution in [0, 0.1) is 0 Å². The molecule has 2 aromatic rings. The Morgan fingerprint density at radius 3 is 3.23 bits per heavy atom. The summed E-state index contributed by atoms with van der Waals surface area (Å²) in [6.45, 7) is 0.515. The molecule has 0 bridgehead atoms. The molecule has 5 heteroatoms. The van der Waals surface area contributed by atoms with Crippen molar-refractivity contribution < 1.29 is 0 Å². The average molecular weight is 215 g/mol. The minimum atomic E-state index is 0.000602. The predicted octanol–water partition coefficient (Wildman–Crippen LogP) is 1.70. The van der Waals surface area contributed by atoms with Crippen molar-refractivity contribution in [1.29, 1.82) is 0 Å². The molecule has 2 aromatic heterocycles. The van der Waals surface area contributed by atoms with E-state index in [1.54, 1.807) is 6.33 Å². The molecule has 0 saturated carbocycles. The van der Waals surface area contributed by atoms with Crippen molar-refractivity contribution in [2.45, 2.75) is 6.54 Å². The molecule has 0 aliphatic carbocycles. The molecule has 68 valence electrons. The highest BCUT2D eigenvalue weighted by molar-refractivity contribution is 7.17. The first-order valence-corrected chi connectivity index (χ1v) is 5.23. The van der Waals surface area contributed by atoms with E-state index < -0.39 is 0 Å². The van der Waals surface area contributed by atoms with Gasteiger partial charge in [-0.2, -0.15) is 0 Å². The van der Waals surface area contributed by atoms with Gasteiger partial charge in [0, 0.05) is 12.4 Å². The summed E-state index contributed by atoms with van der Waals surface area (Å²) in [5.41, 5.74) is 0.765. The van der Waals surface area contributed by atoms with Gasteiger partial charge in [0.1, 0.15) is 4.70 Å². The fraction of sp³-hybridized carbons (Fsp3) is 0.250. The lowest BCUT2D eigenvalue weighted by molar-refractivity contribution is 0.724. The zero-order chi connectivity index (χ0) is 9.26. The molecule has 13 heavy (non-hydrogen) atoms. The molecule has 0 fully saturated rings. The van der Waals surface area contributed by atoms with Gasteiger partial charge in [0.2, 0.25) is 0 Å². The largest absolute Gasteiger partial charge is 0.297 e. The van der Waals surface area contributed by atoms with E-state index in [0.29, 0.717) is 17.1 Å². The van der Waals surface area contributed by atoms with Crippen molar-refractivity contribution in [1.82, 2.24) is 9.55 Å². The minimum absolute atomic E-state index is 0.000602. The van der Waals surface area contributed by atoms with Crippen molar-refractivity contribution >= 4 is 33.2 Å². The summed E-state index contributed by atoms with van der Waals surface area (Å²) in [6, 6.07) is 1.84. The Labute approximate surface area is 83.6 Å². The smallest absolute Gasteiger partial charge is 0.271 e. The Bertz CT molecular complexity index is 476. The van der Waals surface area contributed by atoms with Crippen LogP contribution in [0.2, 0.25) is 0 Å². The second-order valence-corrected chi connectivity index (χ2v) is 3.86. The number of thiophene rings is 1. The van der Waals surface area contributed by atoms with E-state index in [0.717, 1.165) is 5.52 Å². The summed E-state index contributed by atoms with van der Waals surface area (Å²) in [4.78, 5) is 15.8. The van der Waals surface area contributed by atoms with Crippen LogP contribution in [0.3, 0.4) is 0 Å². The molecule has 0 aliphatic heterocycles. The van der Waals surface area contributed by atoms with Gasteiger partial charge in [-0.05, 0) is 11.4 Å². The van der Waals surface area contributed by atoms with Crippen molar-refractivity contribution in [3.63, 3.8) is 0 Å². The first-order valence-electron chi connectivity index (χ1n) is 3.81. The Hall–Kier alpha value is -0.870. The number of halogens is 1. The molecule has 0 radical (unpaired) electrons. The second kappa shape index (κ2) is 3.47. The topological polar surface area (TPSA) is 34.9 Å². The van der Waals surface area contributed by atoms with Crippen LogP contribution in [0.5, 0.6) is 0 Å². The molecule has 0 unspecified atom stereocenters. The standard InChI is InChI=1S/C8H7ClN2OS/c9-2-3-11-5-10-6-1-4-13-7(6)8(11)12/h1,4-5H,2-3H2. The third-order valence-corrected chi connectivity index (χ3v) is 2.82. The van der Waals surface area contributed by atoms with Gasteiger partial charge in [-0.25, -0.2) is 4.98 Å². The van der Waals surface area contributed by atoms with Gasteiger partial charge >= 0.3 is 0 Å². The maximum absolute atomic E-state index is 11.7. The molecule has 0 saturated heterocycles. The first kappa shape index (κ1) is 8.72. The number of fused-ring (bicyclic) bond motifs is 1. The van der Waals surface area contributed by atoms with Crippen LogP contribution in [-0.2, 0) is 6.54 Å². The summed E-state index contributed by atoms with van der Waals surface area (Å²) in [6.07, 6.45) is 1.54. The van der Waals surface area contributed by atoms with Crippen LogP contribution in [0.15, 0.2) is 22.6 Å². The van der Waals surface area contributed by atoms with E-state index in [1.165, 1.54) is 15.9 Å². The minimum Gasteiger partial charge on any atom is -0.297 e. The summed E-state index contributed by atoms with van der Waals surface area (Å²) in [5, 5.41) is 1.87. The van der Waals surface area contributed by atoms with Crippen LogP contribution < -0.4 is 5.56 Å². The third-order valence-electron chi connectivity index (χ3n) is 1.76. The fourth-order valence-electron chi connectivity index (χ4n) is 1.13. The number of rotatable bonds is 2. The van der Waals surface area contributed by atoms with E-state index in [1.807, 2.05) is 11.4 Å². The zero-order valence-corrected chi connectivity index (χ0v) is 8.31. The lowest BCUT2D eigenvalue weighted by Crippen LogP contribution is -2.20. The first-order chi connectivity index (χ1) is 6.33. The van der Waals surface area contributed by atoms with E-state index >= 15 is 0 Å². The second-order valence-electron chi connectivity index (χ2n) is 2.57. The molecule has 0 atom stereocenters. The lowest BCUT2D eigenvalue weighted by Gasteiger charge is -2.00. The van der Waals surface area contributed by atoms with Gasteiger partial charge in [0.25, 0.3) is 5.56 Å². The molecule has 0 N–H and O–H groups in total. The van der Waals surface area contributed by atoms with E-state index in [4.69, 9.17) is 11.6 Å². The van der Waals surface area contributed by atoms with Crippen molar-refractivity contribution in [3.05, 3.63) is 28.1 Å². The summed E-state index contributed by atoms with van der Waals surface area (Å²) in [7, 11) is 0. The van der Waals surface area contributed by atoms with Gasteiger partial charge in [0.05, 0.1) is 11.8 Å². The lowest BCUT2D eigenvalue weighted by atomic mass is 10.5. The SMILES string of the molecule is O=c1c2sccc2ncn1CCCl. The van der Waals surface area contributed by atoms with Crippen molar-refractivity contribution in [3.8, 4) is 0 Å². The number of alkyl halides is 1. The zero-order valence-electron chi connectivity index (χ0n) is 6.74. The maximum Gasteiger partial charge on any atom is 0.271 e. The molecule has 0 aliphatic rings. The Balaban J connectivity index is 2.67. The van der Waals surface area contributed by atoms with Crippen LogP contribution >= 0.6 is 22.9 Å². The van der Waals surface area contributed by atoms with Crippen LogP contribution in [0.25, 0.3) is 10.2 Å². The summed E-state index contributed by atoms with van der Waals surface area (Å²) < 4.78 is 2.24. The van der Waals surface area contributed by atoms with Crippen molar-refractivity contribution in [2.75, 3.05) is 5.88 Å². The molecule has 2 rings (SSSR count). The molecule has 2 heterocycles. The summed E-state index contributed by atoms with van der Waals surface area (Å²) >= 11 is 6.96. The fourth-order valence-corrected chi connectivity index (χ4v) is 2.10. The van der Waals surface area contributed by atoms with Gasteiger partial charge in [-0.3, -0.25) is 9.36 Å². The number of nitrogens with zero attached hydrogens (tertiary/aromatic N) is 2. The average Bonchev–Trinajstić information content (AvgIpc) is 2.58. The highest BCUT2D eigenvalue weighted by atomic mass is 35.5. The quantitative estimate of drug-likeness (QED) is 0.714. The molecule has 0 amide bonds. The van der Waals surface area contributed by atoms with Crippen LogP contribution in [0.4, 0.5) is 0 Å². The summed E-state index contributed by atoms with van der Waals surface area (Å²) in [5.74, 6) is 0.429. The molecular weight excluding hydrogens is 208 g/mol. The van der Waals surface area contributed by atoms with Gasteiger partial charge in [-0.15, -0.1) is 22.9 Å². The molecule has 0 spiro atoms. The normalized spacial score (nSPS) is 10.8. The predicted molar refractivity (Wildman–Crippen MR) is 54.6 cm³/mol. The highest BCUT2D eigenvalue weighted by Gasteiger charge is 2.03. The maximum atomic E-state index is 11.7. The number of hydrogen-bond donors (Lipinski definition) is 0. The number of aryl methyl sites for hydroxylation is 1. The van der Waals surface area contributed by atoms with Crippen molar-refractivity contribution in [2.24, 2.45) is 0 Å². The number of aromatic nitrogens is 2. The third kappa shape index (κ3) is 1.47. The monoisotopic (exact) mass is 214 g/mol. The van der Waals surface area contributed by atoms with Gasteiger partial charge in [0.15, 0.2) is 0 Å². The Morgan fingerprint density at radius 2 is 2.46 bits per heavy atom. The number of hydrogen-bond acceptors (Lipinski definition) is 3. The van der Waals surface area contributed by atoms with E-state index in [-0.39, 0.29) is 5.56 Å². The molecule has 3 nitrogen and oxygen atoms in total. The van der Waals surface area contributed by atoms with E-state index in [9.17, 15) is 4.79 Å². The Morgan fingerprint density at radius 1 is 1.62 bits per heavy atom. The Kier molecular flexibility index (Phi) is 2.33.